The Labute approximate surface area is 116 Å². The Morgan fingerprint density at radius 3 is 2.00 bits per heavy atom. The predicted octanol–water partition coefficient (Wildman–Crippen LogP) is 3.69. The zero-order valence-electron chi connectivity index (χ0n) is 11.9. The van der Waals surface area contributed by atoms with Crippen molar-refractivity contribution in [2.45, 2.75) is 83.1 Å². The molecule has 0 saturated heterocycles. The Morgan fingerprint density at radius 1 is 0.947 bits per heavy atom. The molecule has 3 heteroatoms. The number of hydrogen-bond acceptors (Lipinski definition) is 2. The Balaban J connectivity index is 1.97. The van der Waals surface area contributed by atoms with Crippen LogP contribution in [0.1, 0.15) is 77.0 Å². The van der Waals surface area contributed by atoms with E-state index in [0.29, 0.717) is 6.04 Å². The van der Waals surface area contributed by atoms with Crippen molar-refractivity contribution in [3.05, 3.63) is 0 Å². The Kier molecular flexibility index (Phi) is 5.24. The summed E-state index contributed by atoms with van der Waals surface area (Å²) in [5, 5.41) is 12.7. The molecule has 106 valence electrons. The predicted molar refractivity (Wildman–Crippen MR) is 75.4 cm³/mol. The van der Waals surface area contributed by atoms with E-state index in [1.165, 1.54) is 38.5 Å². The van der Waals surface area contributed by atoms with Crippen LogP contribution in [0.3, 0.4) is 0 Å². The first-order chi connectivity index (χ1) is 9.27. The highest BCUT2D eigenvalue weighted by Gasteiger charge is 2.39. The molecular weight excluding hydrogens is 236 g/mol. The van der Waals surface area contributed by atoms with Crippen LogP contribution in [0.4, 0.5) is 0 Å². The van der Waals surface area contributed by atoms with Crippen molar-refractivity contribution >= 4 is 5.91 Å². The van der Waals surface area contributed by atoms with Gasteiger partial charge in [-0.15, -0.1) is 0 Å². The average molecular weight is 262 g/mol. The molecule has 2 saturated carbocycles. The molecule has 0 atom stereocenters. The van der Waals surface area contributed by atoms with E-state index < -0.39 is 5.41 Å². The molecule has 0 aromatic carbocycles. The van der Waals surface area contributed by atoms with Gasteiger partial charge < -0.3 is 5.32 Å². The summed E-state index contributed by atoms with van der Waals surface area (Å²) in [6, 6.07) is 2.66. The lowest BCUT2D eigenvalue weighted by Crippen LogP contribution is -2.44. The summed E-state index contributed by atoms with van der Waals surface area (Å²) in [7, 11) is 0. The molecule has 1 amide bonds. The standard InChI is InChI=1S/C16H26N2O/c17-13-16(11-7-3-4-8-12-16)15(19)18-14-9-5-1-2-6-10-14/h14H,1-12H2,(H,18,19). The van der Waals surface area contributed by atoms with Gasteiger partial charge >= 0.3 is 0 Å². The van der Waals surface area contributed by atoms with E-state index in [1.54, 1.807) is 0 Å². The van der Waals surface area contributed by atoms with Gasteiger partial charge in [-0.25, -0.2) is 0 Å². The summed E-state index contributed by atoms with van der Waals surface area (Å²) < 4.78 is 0. The van der Waals surface area contributed by atoms with Crippen LogP contribution < -0.4 is 5.32 Å². The number of rotatable bonds is 2. The monoisotopic (exact) mass is 262 g/mol. The second-order valence-electron chi connectivity index (χ2n) is 6.27. The van der Waals surface area contributed by atoms with Crippen LogP contribution in [0.2, 0.25) is 0 Å². The molecule has 2 aliphatic carbocycles. The highest BCUT2D eigenvalue weighted by atomic mass is 16.2. The van der Waals surface area contributed by atoms with Crippen molar-refractivity contribution in [3.63, 3.8) is 0 Å². The van der Waals surface area contributed by atoms with Crippen LogP contribution in [0.25, 0.3) is 0 Å². The van der Waals surface area contributed by atoms with Crippen molar-refractivity contribution in [2.24, 2.45) is 5.41 Å². The van der Waals surface area contributed by atoms with Gasteiger partial charge in [0.05, 0.1) is 6.07 Å². The van der Waals surface area contributed by atoms with Crippen LogP contribution in [0.5, 0.6) is 0 Å². The molecule has 0 heterocycles. The minimum absolute atomic E-state index is 0.0174. The number of carbonyl (C=O) groups is 1. The third kappa shape index (κ3) is 3.72. The third-order valence-corrected chi connectivity index (χ3v) is 4.80. The molecule has 0 bridgehead atoms. The van der Waals surface area contributed by atoms with Gasteiger partial charge in [0.2, 0.25) is 5.91 Å². The summed E-state index contributed by atoms with van der Waals surface area (Å²) >= 11 is 0. The summed E-state index contributed by atoms with van der Waals surface area (Å²) in [5.74, 6) is 0.0174. The fourth-order valence-corrected chi connectivity index (χ4v) is 3.47. The molecule has 0 aromatic heterocycles. The van der Waals surface area contributed by atoms with Gasteiger partial charge in [-0.05, 0) is 25.7 Å². The molecule has 3 nitrogen and oxygen atoms in total. The summed E-state index contributed by atoms with van der Waals surface area (Å²) in [6.07, 6.45) is 13.1. The maximum atomic E-state index is 12.6. The second-order valence-corrected chi connectivity index (χ2v) is 6.27. The number of carbonyl (C=O) groups excluding carboxylic acids is 1. The number of amides is 1. The van der Waals surface area contributed by atoms with E-state index in [1.807, 2.05) is 0 Å². The average Bonchev–Trinajstić information content (AvgIpc) is 2.81. The van der Waals surface area contributed by atoms with Crippen molar-refractivity contribution in [3.8, 4) is 6.07 Å². The smallest absolute Gasteiger partial charge is 0.240 e. The second kappa shape index (κ2) is 6.93. The third-order valence-electron chi connectivity index (χ3n) is 4.80. The van der Waals surface area contributed by atoms with Gasteiger partial charge in [-0.3, -0.25) is 4.79 Å². The molecular formula is C16H26N2O. The maximum absolute atomic E-state index is 12.6. The van der Waals surface area contributed by atoms with E-state index >= 15 is 0 Å². The number of nitriles is 1. The van der Waals surface area contributed by atoms with E-state index in [0.717, 1.165) is 38.5 Å². The Bertz CT molecular complexity index is 329. The zero-order valence-corrected chi connectivity index (χ0v) is 11.9. The van der Waals surface area contributed by atoms with Crippen LogP contribution in [-0.4, -0.2) is 11.9 Å². The Hall–Kier alpha value is -1.04. The lowest BCUT2D eigenvalue weighted by atomic mass is 9.80. The van der Waals surface area contributed by atoms with E-state index in [4.69, 9.17) is 0 Å². The van der Waals surface area contributed by atoms with Crippen molar-refractivity contribution in [1.29, 1.82) is 5.26 Å². The molecule has 1 N–H and O–H groups in total. The topological polar surface area (TPSA) is 52.9 Å². The molecule has 19 heavy (non-hydrogen) atoms. The van der Waals surface area contributed by atoms with E-state index in [2.05, 4.69) is 11.4 Å². The van der Waals surface area contributed by atoms with Gasteiger partial charge in [0.25, 0.3) is 0 Å². The normalized spacial score (nSPS) is 24.8. The lowest BCUT2D eigenvalue weighted by Gasteiger charge is -2.27. The van der Waals surface area contributed by atoms with Crippen LogP contribution in [-0.2, 0) is 4.79 Å². The fourth-order valence-electron chi connectivity index (χ4n) is 3.47. The fraction of sp³-hybridized carbons (Fsp3) is 0.875. The molecule has 0 spiro atoms. The summed E-state index contributed by atoms with van der Waals surface area (Å²) in [6.45, 7) is 0. The zero-order chi connectivity index (χ0) is 13.6. The summed E-state index contributed by atoms with van der Waals surface area (Å²) in [4.78, 5) is 12.6. The Morgan fingerprint density at radius 2 is 1.47 bits per heavy atom. The molecule has 2 rings (SSSR count). The van der Waals surface area contributed by atoms with Crippen molar-refractivity contribution in [2.75, 3.05) is 0 Å². The first kappa shape index (κ1) is 14.4. The first-order valence-corrected chi connectivity index (χ1v) is 7.99. The lowest BCUT2D eigenvalue weighted by molar-refractivity contribution is -0.129. The van der Waals surface area contributed by atoms with E-state index in [9.17, 15) is 10.1 Å². The number of hydrogen-bond donors (Lipinski definition) is 1. The van der Waals surface area contributed by atoms with Gasteiger partial charge in [0, 0.05) is 6.04 Å². The number of nitrogens with zero attached hydrogens (tertiary/aromatic N) is 1. The molecule has 2 aliphatic rings. The van der Waals surface area contributed by atoms with Crippen molar-refractivity contribution in [1.82, 2.24) is 5.32 Å². The van der Waals surface area contributed by atoms with E-state index in [-0.39, 0.29) is 5.91 Å². The van der Waals surface area contributed by atoms with Gasteiger partial charge in [0.1, 0.15) is 5.41 Å². The minimum Gasteiger partial charge on any atom is -0.352 e. The SMILES string of the molecule is N#CC1(C(=O)NC2CCCCCC2)CCCCCC1. The quantitative estimate of drug-likeness (QED) is 0.772. The molecule has 2 fully saturated rings. The molecule has 0 unspecified atom stereocenters. The first-order valence-electron chi connectivity index (χ1n) is 7.99. The molecule has 0 aromatic rings. The van der Waals surface area contributed by atoms with Crippen LogP contribution in [0, 0.1) is 16.7 Å². The largest absolute Gasteiger partial charge is 0.352 e. The molecule has 0 aliphatic heterocycles. The van der Waals surface area contributed by atoms with Gasteiger partial charge in [0.15, 0.2) is 0 Å². The molecule has 0 radical (unpaired) electrons. The van der Waals surface area contributed by atoms with Crippen LogP contribution >= 0.6 is 0 Å². The summed E-state index contributed by atoms with van der Waals surface area (Å²) in [5.41, 5.74) is -0.733. The highest BCUT2D eigenvalue weighted by Crippen LogP contribution is 2.35. The number of nitrogens with one attached hydrogen (secondary N) is 1. The maximum Gasteiger partial charge on any atom is 0.240 e. The highest BCUT2D eigenvalue weighted by molar-refractivity contribution is 5.85. The minimum atomic E-state index is -0.733. The van der Waals surface area contributed by atoms with Crippen LogP contribution in [0.15, 0.2) is 0 Å². The van der Waals surface area contributed by atoms with Gasteiger partial charge in [-0.2, -0.15) is 5.26 Å². The van der Waals surface area contributed by atoms with Crippen molar-refractivity contribution < 1.29 is 4.79 Å². The van der Waals surface area contributed by atoms with Gasteiger partial charge in [-0.1, -0.05) is 51.4 Å².